The first-order chi connectivity index (χ1) is 14.6. The SMILES string of the molecule is Cc1ccc2c(c1)c(=O)c1ccccc1n2CC(=O)NCc1ccc2c(c1)OCO2. The van der Waals surface area contributed by atoms with Gasteiger partial charge < -0.3 is 19.4 Å². The van der Waals surface area contributed by atoms with Crippen LogP contribution in [0.1, 0.15) is 11.1 Å². The number of fused-ring (bicyclic) bond motifs is 3. The Morgan fingerprint density at radius 1 is 0.967 bits per heavy atom. The van der Waals surface area contributed by atoms with E-state index in [-0.39, 0.29) is 24.7 Å². The molecular weight excluding hydrogens is 380 g/mol. The van der Waals surface area contributed by atoms with Crippen LogP contribution >= 0.6 is 0 Å². The largest absolute Gasteiger partial charge is 0.454 e. The number of benzene rings is 3. The molecule has 1 aromatic heterocycles. The van der Waals surface area contributed by atoms with Crippen molar-refractivity contribution in [2.45, 2.75) is 20.0 Å². The predicted molar refractivity (Wildman–Crippen MR) is 115 cm³/mol. The number of nitrogens with zero attached hydrogens (tertiary/aromatic N) is 1. The second-order valence-electron chi connectivity index (χ2n) is 7.42. The molecule has 0 radical (unpaired) electrons. The second-order valence-corrected chi connectivity index (χ2v) is 7.42. The second kappa shape index (κ2) is 7.22. The van der Waals surface area contributed by atoms with Gasteiger partial charge in [0, 0.05) is 17.3 Å². The highest BCUT2D eigenvalue weighted by molar-refractivity contribution is 5.95. The van der Waals surface area contributed by atoms with Crippen LogP contribution < -0.4 is 20.2 Å². The smallest absolute Gasteiger partial charge is 0.240 e. The molecule has 0 fully saturated rings. The third-order valence-corrected chi connectivity index (χ3v) is 5.36. The fourth-order valence-electron chi connectivity index (χ4n) is 3.86. The topological polar surface area (TPSA) is 69.6 Å². The molecule has 30 heavy (non-hydrogen) atoms. The number of aromatic nitrogens is 1. The molecule has 1 aliphatic heterocycles. The summed E-state index contributed by atoms with van der Waals surface area (Å²) in [5.74, 6) is 1.27. The van der Waals surface area contributed by atoms with Crippen molar-refractivity contribution in [3.05, 3.63) is 82.0 Å². The van der Waals surface area contributed by atoms with Crippen LogP contribution in [0.4, 0.5) is 0 Å². The van der Waals surface area contributed by atoms with E-state index in [1.807, 2.05) is 66.1 Å². The summed E-state index contributed by atoms with van der Waals surface area (Å²) < 4.78 is 12.6. The van der Waals surface area contributed by atoms with Crippen LogP contribution in [0.2, 0.25) is 0 Å². The number of carbonyl (C=O) groups is 1. The normalized spacial score (nSPS) is 12.4. The number of hydrogen-bond donors (Lipinski definition) is 1. The Labute approximate surface area is 172 Å². The van der Waals surface area contributed by atoms with Gasteiger partial charge in [-0.2, -0.15) is 0 Å². The van der Waals surface area contributed by atoms with E-state index in [4.69, 9.17) is 9.47 Å². The first kappa shape index (κ1) is 18.2. The van der Waals surface area contributed by atoms with Crippen molar-refractivity contribution in [3.63, 3.8) is 0 Å². The fourth-order valence-corrected chi connectivity index (χ4v) is 3.86. The van der Waals surface area contributed by atoms with Gasteiger partial charge in [-0.1, -0.05) is 29.8 Å². The summed E-state index contributed by atoms with van der Waals surface area (Å²) in [6, 6.07) is 18.8. The van der Waals surface area contributed by atoms with Crippen molar-refractivity contribution in [1.82, 2.24) is 9.88 Å². The fraction of sp³-hybridized carbons (Fsp3) is 0.167. The van der Waals surface area contributed by atoms with E-state index in [9.17, 15) is 9.59 Å². The van der Waals surface area contributed by atoms with Crippen LogP contribution in [0.25, 0.3) is 21.8 Å². The Morgan fingerprint density at radius 2 is 1.77 bits per heavy atom. The van der Waals surface area contributed by atoms with Crippen LogP contribution in [-0.4, -0.2) is 17.3 Å². The summed E-state index contributed by atoms with van der Waals surface area (Å²) in [7, 11) is 0. The molecule has 5 rings (SSSR count). The molecule has 4 aromatic rings. The highest BCUT2D eigenvalue weighted by atomic mass is 16.7. The summed E-state index contributed by atoms with van der Waals surface area (Å²) in [4.78, 5) is 25.7. The Bertz CT molecular complexity index is 1360. The minimum atomic E-state index is -0.136. The molecule has 0 saturated carbocycles. The van der Waals surface area contributed by atoms with Gasteiger partial charge in [-0.05, 0) is 48.9 Å². The number of ether oxygens (including phenoxy) is 2. The average molecular weight is 400 g/mol. The van der Waals surface area contributed by atoms with Crippen molar-refractivity contribution in [2.75, 3.05) is 6.79 Å². The minimum Gasteiger partial charge on any atom is -0.454 e. The monoisotopic (exact) mass is 400 g/mol. The molecule has 0 aliphatic carbocycles. The summed E-state index contributed by atoms with van der Waals surface area (Å²) >= 11 is 0. The molecule has 1 aliphatic rings. The van der Waals surface area contributed by atoms with E-state index in [1.54, 1.807) is 6.07 Å². The standard InChI is InChI=1S/C24H20N2O4/c1-15-6-8-20-18(10-15)24(28)17-4-2-3-5-19(17)26(20)13-23(27)25-12-16-7-9-21-22(11-16)30-14-29-21/h2-11H,12-14H2,1H3,(H,25,27). The molecule has 2 heterocycles. The Hall–Kier alpha value is -3.80. The van der Waals surface area contributed by atoms with Crippen molar-refractivity contribution in [1.29, 1.82) is 0 Å². The summed E-state index contributed by atoms with van der Waals surface area (Å²) in [5, 5.41) is 4.19. The summed E-state index contributed by atoms with van der Waals surface area (Å²) in [6.45, 7) is 2.67. The number of para-hydroxylation sites is 1. The maximum atomic E-state index is 12.9. The molecule has 6 nitrogen and oxygen atoms in total. The molecule has 1 N–H and O–H groups in total. The zero-order chi connectivity index (χ0) is 20.7. The molecule has 0 spiro atoms. The number of carbonyl (C=O) groups excluding carboxylic acids is 1. The van der Waals surface area contributed by atoms with Gasteiger partial charge in [0.2, 0.25) is 12.7 Å². The lowest BCUT2D eigenvalue weighted by molar-refractivity contribution is -0.121. The van der Waals surface area contributed by atoms with E-state index in [0.717, 1.165) is 22.2 Å². The summed E-state index contributed by atoms with van der Waals surface area (Å²) in [6.07, 6.45) is 0. The van der Waals surface area contributed by atoms with Crippen molar-refractivity contribution >= 4 is 27.7 Å². The molecule has 3 aromatic carbocycles. The lowest BCUT2D eigenvalue weighted by Gasteiger charge is -2.15. The first-order valence-electron chi connectivity index (χ1n) is 9.77. The van der Waals surface area contributed by atoms with E-state index in [2.05, 4.69) is 5.32 Å². The van der Waals surface area contributed by atoms with Crippen molar-refractivity contribution in [3.8, 4) is 11.5 Å². The van der Waals surface area contributed by atoms with Crippen LogP contribution in [0.15, 0.2) is 65.5 Å². The third kappa shape index (κ3) is 3.16. The van der Waals surface area contributed by atoms with Gasteiger partial charge in [0.25, 0.3) is 0 Å². The Balaban J connectivity index is 1.46. The number of aryl methyl sites for hydroxylation is 1. The Kier molecular flexibility index (Phi) is 4.39. The molecule has 0 saturated heterocycles. The maximum absolute atomic E-state index is 12.9. The van der Waals surface area contributed by atoms with Crippen LogP contribution in [-0.2, 0) is 17.9 Å². The molecule has 150 valence electrons. The lowest BCUT2D eigenvalue weighted by atomic mass is 10.1. The number of amides is 1. The zero-order valence-electron chi connectivity index (χ0n) is 16.5. The first-order valence-corrected chi connectivity index (χ1v) is 9.77. The van der Waals surface area contributed by atoms with E-state index in [0.29, 0.717) is 28.8 Å². The predicted octanol–water partition coefficient (Wildman–Crippen LogP) is 3.51. The van der Waals surface area contributed by atoms with E-state index >= 15 is 0 Å². The zero-order valence-corrected chi connectivity index (χ0v) is 16.5. The molecule has 0 bridgehead atoms. The molecule has 1 amide bonds. The number of pyridine rings is 1. The van der Waals surface area contributed by atoms with E-state index in [1.165, 1.54) is 0 Å². The van der Waals surface area contributed by atoms with Gasteiger partial charge in [0.15, 0.2) is 16.9 Å². The summed E-state index contributed by atoms with van der Waals surface area (Å²) in [5.41, 5.74) is 3.42. The van der Waals surface area contributed by atoms with Gasteiger partial charge in [0.05, 0.1) is 11.0 Å². The number of rotatable bonds is 4. The van der Waals surface area contributed by atoms with Gasteiger partial charge in [0.1, 0.15) is 6.54 Å². The highest BCUT2D eigenvalue weighted by Crippen LogP contribution is 2.32. The van der Waals surface area contributed by atoms with Crippen LogP contribution in [0.3, 0.4) is 0 Å². The van der Waals surface area contributed by atoms with Crippen molar-refractivity contribution < 1.29 is 14.3 Å². The third-order valence-electron chi connectivity index (χ3n) is 5.36. The number of hydrogen-bond acceptors (Lipinski definition) is 4. The average Bonchev–Trinajstić information content (AvgIpc) is 3.23. The Morgan fingerprint density at radius 3 is 2.67 bits per heavy atom. The quantitative estimate of drug-likeness (QED) is 0.533. The molecular formula is C24H20N2O4. The van der Waals surface area contributed by atoms with Gasteiger partial charge in [-0.3, -0.25) is 9.59 Å². The lowest BCUT2D eigenvalue weighted by Crippen LogP contribution is -2.28. The van der Waals surface area contributed by atoms with Gasteiger partial charge >= 0.3 is 0 Å². The van der Waals surface area contributed by atoms with Crippen LogP contribution in [0, 0.1) is 6.92 Å². The van der Waals surface area contributed by atoms with Gasteiger partial charge in [-0.25, -0.2) is 0 Å². The minimum absolute atomic E-state index is 0.0127. The number of nitrogens with one attached hydrogen (secondary N) is 1. The maximum Gasteiger partial charge on any atom is 0.240 e. The highest BCUT2D eigenvalue weighted by Gasteiger charge is 2.15. The molecule has 0 unspecified atom stereocenters. The van der Waals surface area contributed by atoms with Crippen molar-refractivity contribution in [2.24, 2.45) is 0 Å². The molecule has 0 atom stereocenters. The van der Waals surface area contributed by atoms with E-state index < -0.39 is 0 Å². The van der Waals surface area contributed by atoms with Gasteiger partial charge in [-0.15, -0.1) is 0 Å². The van der Waals surface area contributed by atoms with Crippen LogP contribution in [0.5, 0.6) is 11.5 Å². The molecule has 6 heteroatoms.